The summed E-state index contributed by atoms with van der Waals surface area (Å²) in [4.78, 5) is 16.5. The van der Waals surface area contributed by atoms with Crippen LogP contribution in [0.5, 0.6) is 0 Å². The monoisotopic (exact) mass is 398 g/mol. The molecule has 0 spiro atoms. The van der Waals surface area contributed by atoms with Gasteiger partial charge in [0.1, 0.15) is 11.8 Å². The van der Waals surface area contributed by atoms with Crippen LogP contribution in [0.15, 0.2) is 45.9 Å². The van der Waals surface area contributed by atoms with Crippen molar-refractivity contribution in [3.63, 3.8) is 0 Å². The van der Waals surface area contributed by atoms with Gasteiger partial charge < -0.3 is 9.30 Å². The summed E-state index contributed by atoms with van der Waals surface area (Å²) in [7, 11) is 1.01. The molecule has 0 N–H and O–H groups in total. The molecule has 0 saturated heterocycles. The number of carbonyl (C=O) groups is 1. The minimum Gasteiger partial charge on any atom is -0.402 e. The van der Waals surface area contributed by atoms with Gasteiger partial charge in [0.2, 0.25) is 15.9 Å². The van der Waals surface area contributed by atoms with Gasteiger partial charge in [0.15, 0.2) is 5.70 Å². The van der Waals surface area contributed by atoms with Gasteiger partial charge in [-0.25, -0.2) is 22.5 Å². The average molecular weight is 398 g/mol. The minimum atomic E-state index is -3.63. The zero-order chi connectivity index (χ0) is 20.6. The fourth-order valence-electron chi connectivity index (χ4n) is 2.66. The highest BCUT2D eigenvalue weighted by Crippen LogP contribution is 2.23. The number of esters is 1. The molecule has 2 heterocycles. The van der Waals surface area contributed by atoms with E-state index in [0.717, 1.165) is 10.00 Å². The van der Waals surface area contributed by atoms with Gasteiger partial charge in [-0.15, -0.1) is 0 Å². The molecule has 2 aromatic rings. The van der Waals surface area contributed by atoms with Crippen LogP contribution in [0.2, 0.25) is 0 Å². The van der Waals surface area contributed by atoms with Crippen LogP contribution < -0.4 is 0 Å². The predicted molar refractivity (Wildman–Crippen MR) is 103 cm³/mol. The second-order valence-electron chi connectivity index (χ2n) is 6.39. The Kier molecular flexibility index (Phi) is 4.93. The SMILES string of the molecule is Cc1c(/C=C2\N=C(c3cccc(S(=O)(=O)N(C)C)c3)OC2=O)cc(C#N)n1C. The molecule has 8 nitrogen and oxygen atoms in total. The number of hydrogen-bond acceptors (Lipinski definition) is 6. The molecule has 0 amide bonds. The van der Waals surface area contributed by atoms with Crippen molar-refractivity contribution < 1.29 is 17.9 Å². The summed E-state index contributed by atoms with van der Waals surface area (Å²) in [5, 5.41) is 9.13. The van der Waals surface area contributed by atoms with Gasteiger partial charge >= 0.3 is 5.97 Å². The van der Waals surface area contributed by atoms with Crippen molar-refractivity contribution >= 4 is 28.0 Å². The number of sulfonamides is 1. The van der Waals surface area contributed by atoms with Crippen molar-refractivity contribution in [1.29, 1.82) is 5.26 Å². The van der Waals surface area contributed by atoms with Crippen LogP contribution in [0.25, 0.3) is 6.08 Å². The summed E-state index contributed by atoms with van der Waals surface area (Å²) in [5.74, 6) is -0.612. The number of aromatic nitrogens is 1. The highest BCUT2D eigenvalue weighted by molar-refractivity contribution is 7.89. The van der Waals surface area contributed by atoms with Crippen LogP contribution in [0.3, 0.4) is 0 Å². The standard InChI is InChI=1S/C19H18N4O4S/c1-12-14(8-15(11-20)23(12)4)10-17-19(24)27-18(21-17)13-6-5-7-16(9-13)28(25,26)22(2)3/h5-10H,1-4H3/b17-10-. The van der Waals surface area contributed by atoms with E-state index in [1.165, 1.54) is 26.2 Å². The molecule has 1 aromatic heterocycles. The molecular formula is C19H18N4O4S. The zero-order valence-electron chi connectivity index (χ0n) is 15.8. The third-order valence-corrected chi connectivity index (χ3v) is 6.27. The van der Waals surface area contributed by atoms with Crippen LogP contribution >= 0.6 is 0 Å². The highest BCUT2D eigenvalue weighted by Gasteiger charge is 2.26. The van der Waals surface area contributed by atoms with Crippen LogP contribution in [0.1, 0.15) is 22.5 Å². The summed E-state index contributed by atoms with van der Waals surface area (Å²) < 4.78 is 32.7. The Morgan fingerprint density at radius 1 is 1.29 bits per heavy atom. The average Bonchev–Trinajstić information content (AvgIpc) is 3.16. The number of cyclic esters (lactones) is 1. The number of carbonyl (C=O) groups excluding carboxylic acids is 1. The summed E-state index contributed by atoms with van der Waals surface area (Å²) in [6.07, 6.45) is 1.55. The molecule has 0 unspecified atom stereocenters. The van der Waals surface area contributed by atoms with E-state index in [1.807, 2.05) is 6.92 Å². The first-order valence-corrected chi connectivity index (χ1v) is 9.71. The Balaban J connectivity index is 2.01. The summed E-state index contributed by atoms with van der Waals surface area (Å²) >= 11 is 0. The van der Waals surface area contributed by atoms with Crippen molar-refractivity contribution in [2.75, 3.05) is 14.1 Å². The van der Waals surface area contributed by atoms with Crippen LogP contribution in [-0.4, -0.2) is 43.3 Å². The predicted octanol–water partition coefficient (Wildman–Crippen LogP) is 1.80. The lowest BCUT2D eigenvalue weighted by atomic mass is 10.2. The first-order valence-electron chi connectivity index (χ1n) is 8.27. The number of rotatable bonds is 4. The van der Waals surface area contributed by atoms with Crippen molar-refractivity contribution in [3.8, 4) is 6.07 Å². The Labute approximate surface area is 163 Å². The van der Waals surface area contributed by atoms with E-state index in [2.05, 4.69) is 11.1 Å². The maximum Gasteiger partial charge on any atom is 0.363 e. The first-order chi connectivity index (χ1) is 13.1. The Bertz CT molecular complexity index is 1180. The number of aliphatic imine (C=N–C) groups is 1. The van der Waals surface area contributed by atoms with Gasteiger partial charge in [0.25, 0.3) is 0 Å². The number of benzene rings is 1. The molecule has 3 rings (SSSR count). The van der Waals surface area contributed by atoms with Gasteiger partial charge in [0, 0.05) is 32.4 Å². The molecule has 1 aliphatic rings. The van der Waals surface area contributed by atoms with Gasteiger partial charge in [-0.05, 0) is 42.8 Å². The first kappa shape index (κ1) is 19.5. The number of nitrogens with zero attached hydrogens (tertiary/aromatic N) is 4. The summed E-state index contributed by atoms with van der Waals surface area (Å²) in [5.41, 5.74) is 2.40. The normalized spacial score (nSPS) is 15.6. The van der Waals surface area contributed by atoms with E-state index in [9.17, 15) is 13.2 Å². The van der Waals surface area contributed by atoms with E-state index < -0.39 is 16.0 Å². The Morgan fingerprint density at radius 2 is 2.00 bits per heavy atom. The van der Waals surface area contributed by atoms with Gasteiger partial charge in [-0.2, -0.15) is 5.26 Å². The van der Waals surface area contributed by atoms with E-state index in [1.54, 1.807) is 35.9 Å². The molecule has 1 aromatic carbocycles. The summed E-state index contributed by atoms with van der Waals surface area (Å²) in [6, 6.07) is 9.78. The van der Waals surface area contributed by atoms with Crippen molar-refractivity contribution in [1.82, 2.24) is 8.87 Å². The fraction of sp³-hybridized carbons (Fsp3) is 0.211. The quantitative estimate of drug-likeness (QED) is 0.577. The largest absolute Gasteiger partial charge is 0.402 e. The molecule has 1 aliphatic heterocycles. The Hall–Kier alpha value is -3.22. The van der Waals surface area contributed by atoms with Gasteiger partial charge in [0.05, 0.1) is 4.90 Å². The van der Waals surface area contributed by atoms with Crippen LogP contribution in [-0.2, 0) is 26.6 Å². The third kappa shape index (κ3) is 3.35. The molecule has 144 valence electrons. The molecule has 0 fully saturated rings. The molecule has 0 aliphatic carbocycles. The molecule has 0 saturated carbocycles. The molecule has 0 bridgehead atoms. The van der Waals surface area contributed by atoms with E-state index in [4.69, 9.17) is 10.00 Å². The maximum absolute atomic E-state index is 12.3. The lowest BCUT2D eigenvalue weighted by Crippen LogP contribution is -2.22. The molecular weight excluding hydrogens is 380 g/mol. The van der Waals surface area contributed by atoms with Crippen LogP contribution in [0.4, 0.5) is 0 Å². The van der Waals surface area contributed by atoms with Crippen LogP contribution in [0, 0.1) is 18.3 Å². The molecule has 28 heavy (non-hydrogen) atoms. The molecule has 9 heteroatoms. The Morgan fingerprint density at radius 3 is 2.61 bits per heavy atom. The second-order valence-corrected chi connectivity index (χ2v) is 8.54. The molecule has 0 atom stereocenters. The zero-order valence-corrected chi connectivity index (χ0v) is 16.6. The topological polar surface area (TPSA) is 105 Å². The number of ether oxygens (including phenoxy) is 1. The van der Waals surface area contributed by atoms with Crippen molar-refractivity contribution in [3.05, 3.63) is 58.5 Å². The van der Waals surface area contributed by atoms with Crippen molar-refractivity contribution in [2.45, 2.75) is 11.8 Å². The van der Waals surface area contributed by atoms with E-state index in [0.29, 0.717) is 16.8 Å². The molecule has 0 radical (unpaired) electrons. The van der Waals surface area contributed by atoms with Gasteiger partial charge in [-0.1, -0.05) is 6.07 Å². The fourth-order valence-corrected chi connectivity index (χ4v) is 3.60. The minimum absolute atomic E-state index is 0.0288. The third-order valence-electron chi connectivity index (χ3n) is 4.46. The van der Waals surface area contributed by atoms with E-state index in [-0.39, 0.29) is 16.5 Å². The second kappa shape index (κ2) is 7.07. The number of nitriles is 1. The summed E-state index contributed by atoms with van der Waals surface area (Å²) in [6.45, 7) is 1.83. The number of hydrogen-bond donors (Lipinski definition) is 0. The highest BCUT2D eigenvalue weighted by atomic mass is 32.2. The van der Waals surface area contributed by atoms with Gasteiger partial charge in [-0.3, -0.25) is 0 Å². The lowest BCUT2D eigenvalue weighted by molar-refractivity contribution is -0.129. The van der Waals surface area contributed by atoms with E-state index >= 15 is 0 Å². The lowest BCUT2D eigenvalue weighted by Gasteiger charge is -2.11. The maximum atomic E-state index is 12.3. The smallest absolute Gasteiger partial charge is 0.363 e. The van der Waals surface area contributed by atoms with Crippen molar-refractivity contribution in [2.24, 2.45) is 12.0 Å².